The normalized spacial score (nSPS) is 13.7. The quantitative estimate of drug-likeness (QED) is 0.160. The van der Waals surface area contributed by atoms with Crippen LogP contribution in [0.4, 0.5) is 17.1 Å². The van der Waals surface area contributed by atoms with E-state index >= 15 is 0 Å². The molecular formula is C49H30N4O2. The number of hydrogen-bond acceptors (Lipinski definition) is 6. The third-order valence-electron chi connectivity index (χ3n) is 9.84. The molecule has 6 heteroatoms. The van der Waals surface area contributed by atoms with E-state index in [-0.39, 0.29) is 82.3 Å². The Balaban J connectivity index is 0.994. The number of hydrogen-bond donors (Lipinski definition) is 0. The van der Waals surface area contributed by atoms with Crippen molar-refractivity contribution in [3.63, 3.8) is 0 Å². The van der Waals surface area contributed by atoms with Gasteiger partial charge in [-0.2, -0.15) is 0 Å². The molecule has 0 saturated heterocycles. The molecule has 0 aliphatic carbocycles. The highest BCUT2D eigenvalue weighted by atomic mass is 16.4. The zero-order chi connectivity index (χ0) is 43.3. The molecule has 258 valence electrons. The second-order valence-electron chi connectivity index (χ2n) is 13.1. The second-order valence-corrected chi connectivity index (χ2v) is 13.1. The Morgan fingerprint density at radius 3 is 1.62 bits per heavy atom. The molecule has 0 bridgehead atoms. The maximum atomic E-state index is 8.32. The second kappa shape index (κ2) is 12.5. The summed E-state index contributed by atoms with van der Waals surface area (Å²) < 4.78 is 77.4. The summed E-state index contributed by atoms with van der Waals surface area (Å²) in [6, 6.07) is 39.5. The molecular weight excluding hydrogens is 677 g/mol. The SMILES string of the molecule is [2H]c1c([2H])c([2H])c2oc(-c3ccc(N(c4ccc(-c5nc6c([2H])c([2H])c([2H])c([2H])c6o5)cc4)c4ccc5c(ccc6cc(-c7cc8ccccc8cn7)ccc65)c4)cc3)nc2c1[2H]. The Morgan fingerprint density at radius 1 is 0.455 bits per heavy atom. The molecule has 3 aromatic heterocycles. The fraction of sp³-hybridized carbons (Fsp3) is 0. The van der Waals surface area contributed by atoms with E-state index < -0.39 is 0 Å². The largest absolute Gasteiger partial charge is 0.436 e. The summed E-state index contributed by atoms with van der Waals surface area (Å²) in [6.07, 6.45) is 1.91. The third-order valence-corrected chi connectivity index (χ3v) is 9.84. The van der Waals surface area contributed by atoms with Crippen LogP contribution in [0.1, 0.15) is 11.0 Å². The Morgan fingerprint density at radius 2 is 0.982 bits per heavy atom. The monoisotopic (exact) mass is 714 g/mol. The minimum atomic E-state index is -0.388. The highest BCUT2D eigenvalue weighted by Gasteiger charge is 2.17. The van der Waals surface area contributed by atoms with E-state index in [1.54, 1.807) is 0 Å². The molecule has 11 aromatic rings. The number of benzene rings is 8. The van der Waals surface area contributed by atoms with Gasteiger partial charge < -0.3 is 13.7 Å². The first-order valence-corrected chi connectivity index (χ1v) is 17.6. The van der Waals surface area contributed by atoms with Crippen molar-refractivity contribution in [3.8, 4) is 34.2 Å². The lowest BCUT2D eigenvalue weighted by Crippen LogP contribution is -2.09. The van der Waals surface area contributed by atoms with Crippen LogP contribution in [0, 0.1) is 0 Å². The highest BCUT2D eigenvalue weighted by Crippen LogP contribution is 2.40. The van der Waals surface area contributed by atoms with Crippen LogP contribution in [0.2, 0.25) is 0 Å². The molecule has 0 spiro atoms. The summed E-state index contributed by atoms with van der Waals surface area (Å²) in [5, 5.41) is 6.52. The van der Waals surface area contributed by atoms with Gasteiger partial charge in [-0.3, -0.25) is 4.98 Å². The van der Waals surface area contributed by atoms with Crippen LogP contribution in [0.5, 0.6) is 0 Å². The van der Waals surface area contributed by atoms with E-state index in [0.717, 1.165) is 60.6 Å². The molecule has 6 nitrogen and oxygen atoms in total. The summed E-state index contributed by atoms with van der Waals surface area (Å²) in [4.78, 5) is 15.7. The van der Waals surface area contributed by atoms with Crippen molar-refractivity contribution >= 4 is 71.6 Å². The highest BCUT2D eigenvalue weighted by molar-refractivity contribution is 6.09. The van der Waals surface area contributed by atoms with Crippen molar-refractivity contribution < 1.29 is 19.8 Å². The van der Waals surface area contributed by atoms with Gasteiger partial charge in [0, 0.05) is 45.3 Å². The molecule has 8 aromatic carbocycles. The number of fused-ring (bicyclic) bond motifs is 6. The zero-order valence-corrected chi connectivity index (χ0v) is 28.8. The molecule has 0 aliphatic rings. The van der Waals surface area contributed by atoms with Gasteiger partial charge in [0.2, 0.25) is 11.8 Å². The minimum absolute atomic E-state index is 0.0100. The maximum Gasteiger partial charge on any atom is 0.227 e. The summed E-state index contributed by atoms with van der Waals surface area (Å²) in [5.74, 6) is 0.327. The lowest BCUT2D eigenvalue weighted by Gasteiger charge is -2.26. The van der Waals surface area contributed by atoms with Gasteiger partial charge in [-0.1, -0.05) is 78.8 Å². The lowest BCUT2D eigenvalue weighted by atomic mass is 9.98. The molecule has 0 radical (unpaired) electrons. The maximum absolute atomic E-state index is 8.32. The van der Waals surface area contributed by atoms with Gasteiger partial charge in [-0.25, -0.2) is 9.97 Å². The Hall–Kier alpha value is -7.57. The number of aromatic nitrogens is 3. The van der Waals surface area contributed by atoms with Crippen molar-refractivity contribution in [2.24, 2.45) is 0 Å². The first kappa shape index (κ1) is 23.9. The number of para-hydroxylation sites is 4. The third kappa shape index (κ3) is 5.47. The first-order valence-electron chi connectivity index (χ1n) is 21.6. The van der Waals surface area contributed by atoms with Gasteiger partial charge in [0.15, 0.2) is 11.2 Å². The molecule has 0 atom stereocenters. The Bertz CT molecular complexity index is 3450. The fourth-order valence-corrected chi connectivity index (χ4v) is 7.14. The average molecular weight is 715 g/mol. The molecule has 55 heavy (non-hydrogen) atoms. The van der Waals surface area contributed by atoms with Gasteiger partial charge >= 0.3 is 0 Å². The van der Waals surface area contributed by atoms with E-state index in [2.05, 4.69) is 81.6 Å². The molecule has 3 heterocycles. The number of rotatable bonds is 6. The van der Waals surface area contributed by atoms with Crippen molar-refractivity contribution in [1.29, 1.82) is 0 Å². The van der Waals surface area contributed by atoms with Crippen LogP contribution in [-0.2, 0) is 0 Å². The van der Waals surface area contributed by atoms with E-state index in [4.69, 9.17) is 24.8 Å². The summed E-state index contributed by atoms with van der Waals surface area (Å²) in [7, 11) is 0. The number of nitrogens with zero attached hydrogens (tertiary/aromatic N) is 4. The molecule has 0 unspecified atom stereocenters. The van der Waals surface area contributed by atoms with Crippen molar-refractivity contribution in [1.82, 2.24) is 15.0 Å². The van der Waals surface area contributed by atoms with Crippen LogP contribution < -0.4 is 4.90 Å². The Labute approximate surface area is 326 Å². The molecule has 0 N–H and O–H groups in total. The number of anilines is 3. The van der Waals surface area contributed by atoms with Crippen LogP contribution >= 0.6 is 0 Å². The summed E-state index contributed by atoms with van der Waals surface area (Å²) in [5.41, 5.74) is 5.62. The van der Waals surface area contributed by atoms with Crippen LogP contribution in [0.25, 0.3) is 88.7 Å². The standard InChI is InChI=1S/C49H30N4O2/c1-2-8-37-30-50-45(29-33(37)7-1)36-19-25-41-34(27-36)13-14-35-28-40(24-26-42(35)41)53(38-20-15-31(16-21-38)48-51-43-9-3-5-11-46(43)54-48)39-22-17-32(18-23-39)49-52-44-10-4-6-12-47(44)55-49/h1-30H/i3D,4D,5D,6D,9D,10D,11D,12D. The van der Waals surface area contributed by atoms with Gasteiger partial charge in [0.25, 0.3) is 0 Å². The molecule has 0 fully saturated rings. The molecule has 11 rings (SSSR count). The predicted octanol–water partition coefficient (Wildman–Crippen LogP) is 13.3. The van der Waals surface area contributed by atoms with E-state index in [1.807, 2.05) is 66.9 Å². The molecule has 0 saturated carbocycles. The number of pyridine rings is 1. The Kier molecular flexibility index (Phi) is 5.44. The zero-order valence-electron chi connectivity index (χ0n) is 36.8. The topological polar surface area (TPSA) is 68.2 Å². The first-order chi connectivity index (χ1) is 30.5. The van der Waals surface area contributed by atoms with Crippen LogP contribution in [-0.4, -0.2) is 15.0 Å². The van der Waals surface area contributed by atoms with Gasteiger partial charge in [0.05, 0.1) is 16.7 Å². The molecule has 0 aliphatic heterocycles. The van der Waals surface area contributed by atoms with Crippen molar-refractivity contribution in [3.05, 3.63) is 182 Å². The van der Waals surface area contributed by atoms with E-state index in [1.165, 1.54) is 0 Å². The van der Waals surface area contributed by atoms with Gasteiger partial charge in [-0.15, -0.1) is 0 Å². The predicted molar refractivity (Wildman–Crippen MR) is 223 cm³/mol. The number of oxazole rings is 2. The minimum Gasteiger partial charge on any atom is -0.436 e. The van der Waals surface area contributed by atoms with Crippen LogP contribution in [0.15, 0.2) is 191 Å². The van der Waals surface area contributed by atoms with Crippen molar-refractivity contribution in [2.75, 3.05) is 4.90 Å². The summed E-state index contributed by atoms with van der Waals surface area (Å²) >= 11 is 0. The van der Waals surface area contributed by atoms with E-state index in [9.17, 15) is 0 Å². The fourth-order valence-electron chi connectivity index (χ4n) is 7.14. The van der Waals surface area contributed by atoms with Crippen molar-refractivity contribution in [2.45, 2.75) is 0 Å². The van der Waals surface area contributed by atoms with Gasteiger partial charge in [-0.05, 0) is 124 Å². The molecule has 0 amide bonds. The lowest BCUT2D eigenvalue weighted by molar-refractivity contribution is 0.619. The van der Waals surface area contributed by atoms with Crippen LogP contribution in [0.3, 0.4) is 0 Å². The smallest absolute Gasteiger partial charge is 0.227 e. The average Bonchev–Trinajstić information content (AvgIpc) is 3.98. The van der Waals surface area contributed by atoms with Gasteiger partial charge in [0.1, 0.15) is 11.0 Å². The summed E-state index contributed by atoms with van der Waals surface area (Å²) in [6.45, 7) is 0. The van der Waals surface area contributed by atoms with E-state index in [0.29, 0.717) is 11.1 Å².